The fraction of sp³-hybridized carbons (Fsp3) is 0.737. The number of carbonyl (C=O) groups excluding carboxylic acids is 4. The van der Waals surface area contributed by atoms with Crippen LogP contribution in [0.2, 0.25) is 0 Å². The zero-order chi connectivity index (χ0) is 41.7. The van der Waals surface area contributed by atoms with Crippen LogP contribution in [-0.2, 0) is 28.8 Å². The molecule has 0 aromatic rings. The number of carboxylic acid groups (broad SMARTS) is 4. The van der Waals surface area contributed by atoms with E-state index in [0.29, 0.717) is 38.8 Å². The summed E-state index contributed by atoms with van der Waals surface area (Å²) >= 11 is 0. The monoisotopic (exact) mass is 812 g/mol. The average Bonchev–Trinajstić information content (AvgIpc) is 3.08. The number of aliphatic hydroxyl groups excluding tert-OH is 2. The normalized spacial score (nSPS) is 15.6. The Morgan fingerprint density at radius 2 is 0.873 bits per heavy atom. The second-order valence-corrected chi connectivity index (χ2v) is 14.2. The number of quaternary nitrogens is 2. The minimum Gasteiger partial charge on any atom is -0.550 e. The van der Waals surface area contributed by atoms with Crippen LogP contribution < -0.4 is 20.8 Å². The zero-order valence-corrected chi connectivity index (χ0v) is 36.2. The summed E-state index contributed by atoms with van der Waals surface area (Å²) in [5.41, 5.74) is 0. The molecule has 55 heavy (non-hydrogen) atoms. The predicted octanol–water partition coefficient (Wildman–Crippen LogP) is -0.851. The molecule has 0 aromatic carbocycles. The number of nitrogens with one attached hydrogen (secondary N) is 2. The van der Waals surface area contributed by atoms with Gasteiger partial charge in [0.1, 0.15) is 24.9 Å². The molecule has 0 rings (SSSR count). The standard InChI is InChI=1S/2C19H34N2O6.Ca/c2*1-4-5-6-7-8-17(23)20-9-10-21(11-12-22,13-15(2)18(24)25)14-16(3)19(26)27;/h2*5-6,15-16,22H,4,7-14H2,1-3H3,(H2-,20,23,24,25,26,27);/q;;+2/b2*6-5+;. The van der Waals surface area contributed by atoms with Gasteiger partial charge in [0.15, 0.2) is 0 Å². The van der Waals surface area contributed by atoms with E-state index in [1.54, 1.807) is 13.8 Å². The number of carbonyl (C=O) groups is 6. The SMILES string of the molecule is CC/C=C/CCC(=O)NCC[N+](CCO)(CC(C)C(=O)[O-])CC(C)C(=O)O.CC/C=C/CCC(=O)NCC[N+](CCO)(CC(C)C(=O)[O-])CC(C)C(=O)O.[Ca+2]. The van der Waals surface area contributed by atoms with Crippen molar-refractivity contribution in [1.82, 2.24) is 10.6 Å². The summed E-state index contributed by atoms with van der Waals surface area (Å²) in [5, 5.41) is 65.3. The molecule has 0 bridgehead atoms. The van der Waals surface area contributed by atoms with Crippen molar-refractivity contribution < 1.29 is 68.4 Å². The van der Waals surface area contributed by atoms with Gasteiger partial charge in [-0.15, -0.1) is 0 Å². The van der Waals surface area contributed by atoms with Gasteiger partial charge >= 0.3 is 49.7 Å². The Bertz CT molecular complexity index is 1070. The van der Waals surface area contributed by atoms with Crippen LogP contribution in [0.5, 0.6) is 0 Å². The van der Waals surface area contributed by atoms with E-state index in [4.69, 9.17) is 0 Å². The van der Waals surface area contributed by atoms with Crippen LogP contribution in [0.3, 0.4) is 0 Å². The molecule has 0 saturated carbocycles. The van der Waals surface area contributed by atoms with Crippen molar-refractivity contribution in [2.24, 2.45) is 23.7 Å². The van der Waals surface area contributed by atoms with E-state index < -0.39 is 47.5 Å². The van der Waals surface area contributed by atoms with Crippen LogP contribution in [-0.4, -0.2) is 181 Å². The van der Waals surface area contributed by atoms with Crippen LogP contribution in [0.15, 0.2) is 24.3 Å². The molecule has 17 heteroatoms. The average molecular weight is 813 g/mol. The van der Waals surface area contributed by atoms with E-state index >= 15 is 0 Å². The van der Waals surface area contributed by atoms with E-state index in [1.165, 1.54) is 13.8 Å². The van der Waals surface area contributed by atoms with Gasteiger partial charge in [-0.1, -0.05) is 52.0 Å². The smallest absolute Gasteiger partial charge is 0.550 e. The van der Waals surface area contributed by atoms with Gasteiger partial charge in [-0.3, -0.25) is 19.2 Å². The van der Waals surface area contributed by atoms with Gasteiger partial charge in [0.25, 0.3) is 0 Å². The number of nitrogens with zero attached hydrogens (tertiary/aromatic N) is 2. The van der Waals surface area contributed by atoms with Crippen LogP contribution in [0.25, 0.3) is 0 Å². The predicted molar refractivity (Wildman–Crippen MR) is 205 cm³/mol. The van der Waals surface area contributed by atoms with E-state index in [9.17, 15) is 59.4 Å². The van der Waals surface area contributed by atoms with Crippen LogP contribution in [0, 0.1) is 23.7 Å². The molecule has 6 N–H and O–H groups in total. The zero-order valence-electron chi connectivity index (χ0n) is 34.0. The minimum atomic E-state index is -1.22. The van der Waals surface area contributed by atoms with Gasteiger partial charge < -0.3 is 59.8 Å². The number of rotatable bonds is 30. The Labute approximate surface area is 357 Å². The molecule has 2 amide bonds. The summed E-state index contributed by atoms with van der Waals surface area (Å²) in [5.74, 6) is -7.64. The van der Waals surface area contributed by atoms with E-state index in [0.717, 1.165) is 12.8 Å². The van der Waals surface area contributed by atoms with Crippen molar-refractivity contribution in [2.75, 3.05) is 78.7 Å². The third kappa shape index (κ3) is 27.6. The van der Waals surface area contributed by atoms with Crippen LogP contribution in [0.4, 0.5) is 0 Å². The van der Waals surface area contributed by atoms with Gasteiger partial charge in [0.05, 0.1) is 65.6 Å². The molecule has 0 fully saturated rings. The summed E-state index contributed by atoms with van der Waals surface area (Å²) in [7, 11) is 0. The number of carboxylic acids is 4. The van der Waals surface area contributed by atoms with Crippen molar-refractivity contribution in [3.05, 3.63) is 24.3 Å². The van der Waals surface area contributed by atoms with E-state index in [1.807, 2.05) is 38.2 Å². The van der Waals surface area contributed by atoms with Gasteiger partial charge in [-0.25, -0.2) is 0 Å². The fourth-order valence-corrected chi connectivity index (χ4v) is 6.20. The molecule has 0 spiro atoms. The summed E-state index contributed by atoms with van der Waals surface area (Å²) in [6.45, 7) is 12.0. The number of allylic oxidation sites excluding steroid dienone is 4. The summed E-state index contributed by atoms with van der Waals surface area (Å²) in [4.78, 5) is 68.7. The maximum Gasteiger partial charge on any atom is 2.00 e. The fourth-order valence-electron chi connectivity index (χ4n) is 6.20. The summed E-state index contributed by atoms with van der Waals surface area (Å²) < 4.78 is 0.185. The topological polar surface area (TPSA) is 254 Å². The molecule has 0 saturated heterocycles. The maximum absolute atomic E-state index is 11.9. The Morgan fingerprint density at radius 1 is 0.564 bits per heavy atom. The molecule has 312 valence electrons. The Balaban J connectivity index is -0.000000966. The Kier molecular flexibility index (Phi) is 33.5. The Hall–Kier alpha value is -2.60. The quantitative estimate of drug-likeness (QED) is 0.0295. The third-order valence-electron chi connectivity index (χ3n) is 9.14. The molecule has 0 aliphatic heterocycles. The molecule has 0 heterocycles. The van der Waals surface area contributed by atoms with Gasteiger partial charge in [0.2, 0.25) is 11.8 Å². The summed E-state index contributed by atoms with van der Waals surface area (Å²) in [6.07, 6.45) is 11.7. The molecule has 6 atom stereocenters. The van der Waals surface area contributed by atoms with E-state index in [2.05, 4.69) is 10.6 Å². The molecule has 16 nitrogen and oxygen atoms in total. The van der Waals surface area contributed by atoms with Crippen molar-refractivity contribution >= 4 is 73.4 Å². The molecular weight excluding hydrogens is 745 g/mol. The first-order valence-electron chi connectivity index (χ1n) is 19.0. The van der Waals surface area contributed by atoms with Gasteiger partial charge in [-0.05, 0) is 39.5 Å². The van der Waals surface area contributed by atoms with Gasteiger partial charge in [0, 0.05) is 36.6 Å². The first-order valence-corrected chi connectivity index (χ1v) is 19.0. The minimum absolute atomic E-state index is 0. The van der Waals surface area contributed by atoms with Crippen molar-refractivity contribution in [2.45, 2.75) is 80.1 Å². The molecule has 0 aliphatic carbocycles. The number of amides is 2. The molecule has 0 aliphatic rings. The molecular formula is C38H68CaN4O12+2. The maximum atomic E-state index is 11.9. The summed E-state index contributed by atoms with van der Waals surface area (Å²) in [6, 6.07) is 0. The largest absolute Gasteiger partial charge is 2.00 e. The Morgan fingerprint density at radius 3 is 1.13 bits per heavy atom. The van der Waals surface area contributed by atoms with Crippen molar-refractivity contribution in [1.29, 1.82) is 0 Å². The third-order valence-corrected chi connectivity index (χ3v) is 9.14. The molecule has 6 unspecified atom stereocenters. The number of hydrogen-bond donors (Lipinski definition) is 6. The first-order chi connectivity index (χ1) is 25.3. The second-order valence-electron chi connectivity index (χ2n) is 14.2. The molecule has 0 radical (unpaired) electrons. The number of aliphatic hydroxyl groups is 2. The first kappa shape index (κ1) is 56.7. The van der Waals surface area contributed by atoms with E-state index in [-0.39, 0.29) is 124 Å². The number of hydrogen-bond acceptors (Lipinski definition) is 10. The number of aliphatic carboxylic acids is 4. The van der Waals surface area contributed by atoms with Crippen LogP contribution in [0.1, 0.15) is 80.1 Å². The molecule has 0 aromatic heterocycles. The van der Waals surface area contributed by atoms with Crippen molar-refractivity contribution in [3.63, 3.8) is 0 Å². The van der Waals surface area contributed by atoms with Gasteiger partial charge in [-0.2, -0.15) is 0 Å². The van der Waals surface area contributed by atoms with Crippen LogP contribution >= 0.6 is 0 Å². The second kappa shape index (κ2) is 32.5. The van der Waals surface area contributed by atoms with Crippen molar-refractivity contribution in [3.8, 4) is 0 Å².